The summed E-state index contributed by atoms with van der Waals surface area (Å²) in [4.78, 5) is 4.65. The molecule has 1 aromatic heterocycles. The molecule has 0 atom stereocenters. The highest BCUT2D eigenvalue weighted by atomic mass is 32.1. The summed E-state index contributed by atoms with van der Waals surface area (Å²) in [6.07, 6.45) is 3.98. The fraction of sp³-hybridized carbons (Fsp3) is 0.250. The standard InChI is InChI=1S/C24H24N2O3S/c1-4-5-12-29-20-9-6-17(7-10-20)13-19(15-25)24-26-21(16-30-24)18-8-11-22(27-2)23(14-18)28-3/h6-11,13-14,16H,4-5,12H2,1-3H3/b19-13+. The van der Waals surface area contributed by atoms with Crippen LogP contribution in [-0.2, 0) is 0 Å². The lowest BCUT2D eigenvalue weighted by molar-refractivity contribution is 0.309. The van der Waals surface area contributed by atoms with Gasteiger partial charge >= 0.3 is 0 Å². The lowest BCUT2D eigenvalue weighted by atomic mass is 10.1. The highest BCUT2D eigenvalue weighted by Crippen LogP contribution is 2.34. The van der Waals surface area contributed by atoms with Gasteiger partial charge in [0.2, 0.25) is 0 Å². The first kappa shape index (κ1) is 21.4. The van der Waals surface area contributed by atoms with Gasteiger partial charge in [-0.2, -0.15) is 5.26 Å². The average Bonchev–Trinajstić information content (AvgIpc) is 3.28. The van der Waals surface area contributed by atoms with Gasteiger partial charge in [-0.1, -0.05) is 25.5 Å². The molecule has 0 amide bonds. The van der Waals surface area contributed by atoms with Gasteiger partial charge in [-0.3, -0.25) is 0 Å². The van der Waals surface area contributed by atoms with Crippen LogP contribution in [0.15, 0.2) is 47.8 Å². The first-order valence-electron chi connectivity index (χ1n) is 9.71. The molecule has 5 nitrogen and oxygen atoms in total. The van der Waals surface area contributed by atoms with Crippen molar-refractivity contribution in [1.29, 1.82) is 5.26 Å². The van der Waals surface area contributed by atoms with E-state index < -0.39 is 0 Å². The minimum atomic E-state index is 0.520. The third-order valence-electron chi connectivity index (χ3n) is 4.49. The van der Waals surface area contributed by atoms with Gasteiger partial charge in [0.25, 0.3) is 0 Å². The van der Waals surface area contributed by atoms with E-state index in [-0.39, 0.29) is 0 Å². The predicted molar refractivity (Wildman–Crippen MR) is 121 cm³/mol. The molecule has 0 fully saturated rings. The van der Waals surface area contributed by atoms with Crippen LogP contribution in [0.1, 0.15) is 30.3 Å². The zero-order chi connectivity index (χ0) is 21.3. The molecule has 0 unspecified atom stereocenters. The third kappa shape index (κ3) is 5.19. The van der Waals surface area contributed by atoms with E-state index in [0.717, 1.165) is 35.4 Å². The van der Waals surface area contributed by atoms with E-state index in [2.05, 4.69) is 18.0 Å². The molecule has 0 N–H and O–H groups in total. The molecule has 3 aromatic rings. The van der Waals surface area contributed by atoms with E-state index in [9.17, 15) is 5.26 Å². The number of hydrogen-bond donors (Lipinski definition) is 0. The van der Waals surface area contributed by atoms with Gasteiger partial charge in [-0.25, -0.2) is 4.98 Å². The molecule has 0 radical (unpaired) electrons. The Labute approximate surface area is 181 Å². The summed E-state index contributed by atoms with van der Waals surface area (Å²) in [5.41, 5.74) is 3.14. The minimum absolute atomic E-state index is 0.520. The Hall–Kier alpha value is -3.30. The molecule has 154 valence electrons. The van der Waals surface area contributed by atoms with E-state index in [1.807, 2.05) is 53.9 Å². The summed E-state index contributed by atoms with van der Waals surface area (Å²) in [7, 11) is 3.21. The van der Waals surface area contributed by atoms with Crippen LogP contribution in [0.2, 0.25) is 0 Å². The van der Waals surface area contributed by atoms with Crippen molar-refractivity contribution in [3.8, 4) is 34.6 Å². The van der Waals surface area contributed by atoms with Crippen molar-refractivity contribution in [3.05, 3.63) is 58.4 Å². The van der Waals surface area contributed by atoms with Gasteiger partial charge in [0.15, 0.2) is 11.5 Å². The zero-order valence-corrected chi connectivity index (χ0v) is 18.2. The second-order valence-corrected chi connectivity index (χ2v) is 7.41. The van der Waals surface area contributed by atoms with Gasteiger partial charge in [-0.15, -0.1) is 11.3 Å². The summed E-state index contributed by atoms with van der Waals surface area (Å²) in [6.45, 7) is 2.85. The van der Waals surface area contributed by atoms with Crippen molar-refractivity contribution in [1.82, 2.24) is 4.98 Å². The van der Waals surface area contributed by atoms with Gasteiger partial charge in [0, 0.05) is 10.9 Å². The van der Waals surface area contributed by atoms with Crippen LogP contribution in [0.3, 0.4) is 0 Å². The maximum absolute atomic E-state index is 9.66. The van der Waals surface area contributed by atoms with E-state index in [1.165, 1.54) is 11.3 Å². The summed E-state index contributed by atoms with van der Waals surface area (Å²) in [5, 5.41) is 12.3. The van der Waals surface area contributed by atoms with Crippen molar-refractivity contribution in [2.45, 2.75) is 19.8 Å². The first-order valence-corrected chi connectivity index (χ1v) is 10.6. The second-order valence-electron chi connectivity index (χ2n) is 6.55. The molecule has 0 saturated heterocycles. The summed E-state index contributed by atoms with van der Waals surface area (Å²) in [6, 6.07) is 15.7. The number of unbranched alkanes of at least 4 members (excludes halogenated alkanes) is 1. The Morgan fingerprint density at radius 2 is 1.87 bits per heavy atom. The number of nitrogens with zero attached hydrogens (tertiary/aromatic N) is 2. The Balaban J connectivity index is 1.80. The largest absolute Gasteiger partial charge is 0.494 e. The van der Waals surface area contributed by atoms with Crippen molar-refractivity contribution < 1.29 is 14.2 Å². The van der Waals surface area contributed by atoms with Crippen molar-refractivity contribution in [2.24, 2.45) is 0 Å². The number of hydrogen-bond acceptors (Lipinski definition) is 6. The molecule has 0 aliphatic rings. The molecule has 0 bridgehead atoms. The topological polar surface area (TPSA) is 64.4 Å². The van der Waals surface area contributed by atoms with Crippen LogP contribution in [0.4, 0.5) is 0 Å². The normalized spacial score (nSPS) is 11.1. The number of rotatable bonds is 9. The number of aromatic nitrogens is 1. The van der Waals surface area contributed by atoms with E-state index in [0.29, 0.717) is 28.7 Å². The molecule has 0 aliphatic heterocycles. The smallest absolute Gasteiger partial charge is 0.161 e. The van der Waals surface area contributed by atoms with Crippen LogP contribution in [0.5, 0.6) is 17.2 Å². The van der Waals surface area contributed by atoms with Crippen LogP contribution in [0, 0.1) is 11.3 Å². The summed E-state index contributed by atoms with van der Waals surface area (Å²) < 4.78 is 16.3. The number of nitriles is 1. The van der Waals surface area contributed by atoms with Gasteiger partial charge in [0.05, 0.1) is 32.1 Å². The Morgan fingerprint density at radius 3 is 2.53 bits per heavy atom. The fourth-order valence-corrected chi connectivity index (χ4v) is 3.62. The average molecular weight is 421 g/mol. The monoisotopic (exact) mass is 420 g/mol. The summed E-state index contributed by atoms with van der Waals surface area (Å²) in [5.74, 6) is 2.14. The van der Waals surface area contributed by atoms with Crippen LogP contribution < -0.4 is 14.2 Å². The molecular weight excluding hydrogens is 396 g/mol. The lowest BCUT2D eigenvalue weighted by Crippen LogP contribution is -1.95. The number of benzene rings is 2. The lowest BCUT2D eigenvalue weighted by Gasteiger charge is -2.08. The summed E-state index contributed by atoms with van der Waals surface area (Å²) >= 11 is 1.44. The SMILES string of the molecule is CCCCOc1ccc(/C=C(\C#N)c2nc(-c3ccc(OC)c(OC)c3)cs2)cc1. The highest BCUT2D eigenvalue weighted by Gasteiger charge is 2.12. The third-order valence-corrected chi connectivity index (χ3v) is 5.37. The molecule has 3 rings (SSSR count). The quantitative estimate of drug-likeness (QED) is 0.310. The predicted octanol–water partition coefficient (Wildman–Crippen LogP) is 6.07. The molecule has 1 heterocycles. The van der Waals surface area contributed by atoms with E-state index in [4.69, 9.17) is 14.2 Å². The van der Waals surface area contributed by atoms with Crippen molar-refractivity contribution in [3.63, 3.8) is 0 Å². The van der Waals surface area contributed by atoms with Gasteiger partial charge in [-0.05, 0) is 48.4 Å². The Bertz CT molecular complexity index is 1050. The Kier molecular flexibility index (Phi) is 7.47. The molecule has 6 heteroatoms. The van der Waals surface area contributed by atoms with Crippen molar-refractivity contribution >= 4 is 23.0 Å². The van der Waals surface area contributed by atoms with Crippen LogP contribution in [-0.4, -0.2) is 25.8 Å². The second kappa shape index (κ2) is 10.5. The zero-order valence-electron chi connectivity index (χ0n) is 17.3. The molecule has 30 heavy (non-hydrogen) atoms. The molecule has 2 aromatic carbocycles. The van der Waals surface area contributed by atoms with Crippen LogP contribution >= 0.6 is 11.3 Å². The highest BCUT2D eigenvalue weighted by molar-refractivity contribution is 7.11. The number of allylic oxidation sites excluding steroid dienone is 1. The number of ether oxygens (including phenoxy) is 3. The number of methoxy groups -OCH3 is 2. The van der Waals surface area contributed by atoms with Gasteiger partial charge in [0.1, 0.15) is 16.8 Å². The fourth-order valence-electron chi connectivity index (χ4n) is 2.83. The Morgan fingerprint density at radius 1 is 1.10 bits per heavy atom. The van der Waals surface area contributed by atoms with Crippen molar-refractivity contribution in [2.75, 3.05) is 20.8 Å². The maximum atomic E-state index is 9.66. The number of thiazole rings is 1. The maximum Gasteiger partial charge on any atom is 0.161 e. The van der Waals surface area contributed by atoms with E-state index in [1.54, 1.807) is 14.2 Å². The van der Waals surface area contributed by atoms with Gasteiger partial charge < -0.3 is 14.2 Å². The molecule has 0 saturated carbocycles. The molecular formula is C24H24N2O3S. The first-order chi connectivity index (χ1) is 14.7. The van der Waals surface area contributed by atoms with E-state index >= 15 is 0 Å². The molecule has 0 aliphatic carbocycles. The van der Waals surface area contributed by atoms with Crippen LogP contribution in [0.25, 0.3) is 22.9 Å². The minimum Gasteiger partial charge on any atom is -0.494 e. The molecule has 0 spiro atoms.